The molecule has 0 aromatic heterocycles. The number of hydrogen-bond acceptors (Lipinski definition) is 1. The molecule has 0 fully saturated rings. The fraction of sp³-hybridized carbons (Fsp3) is 0.467. The van der Waals surface area contributed by atoms with Crippen LogP contribution in [0.3, 0.4) is 0 Å². The van der Waals surface area contributed by atoms with Crippen molar-refractivity contribution in [3.05, 3.63) is 107 Å². The Morgan fingerprint density at radius 1 is 0.587 bits per heavy atom. The van der Waals surface area contributed by atoms with Gasteiger partial charge in [-0.15, -0.1) is 0 Å². The summed E-state index contributed by atoms with van der Waals surface area (Å²) in [5.41, 5.74) is 16.0. The van der Waals surface area contributed by atoms with Gasteiger partial charge < -0.3 is 5.32 Å². The predicted octanol–water partition coefficient (Wildman–Crippen LogP) is 13.5. The molecule has 242 valence electrons. The summed E-state index contributed by atoms with van der Waals surface area (Å²) >= 11 is 0. The highest BCUT2D eigenvalue weighted by Gasteiger charge is 2.43. The number of nitrogens with one attached hydrogen (secondary N) is 1. The van der Waals surface area contributed by atoms with Crippen LogP contribution in [0.25, 0.3) is 22.3 Å². The van der Waals surface area contributed by atoms with Crippen molar-refractivity contribution in [1.82, 2.24) is 0 Å². The highest BCUT2D eigenvalue weighted by molar-refractivity contribution is 5.84. The van der Waals surface area contributed by atoms with E-state index in [1.54, 1.807) is 11.1 Å². The quantitative estimate of drug-likeness (QED) is 0.124. The van der Waals surface area contributed by atoms with Gasteiger partial charge in [0.25, 0.3) is 0 Å². The number of anilines is 2. The highest BCUT2D eigenvalue weighted by Crippen LogP contribution is 2.56. The lowest BCUT2D eigenvalue weighted by molar-refractivity contribution is 0.397. The Kier molecular flexibility index (Phi) is 10.1. The van der Waals surface area contributed by atoms with Gasteiger partial charge >= 0.3 is 0 Å². The van der Waals surface area contributed by atoms with E-state index in [1.165, 1.54) is 135 Å². The Hall–Kier alpha value is -3.32. The van der Waals surface area contributed by atoms with Gasteiger partial charge in [0.2, 0.25) is 0 Å². The van der Waals surface area contributed by atoms with Gasteiger partial charge in [-0.25, -0.2) is 0 Å². The number of aryl methyl sites for hydroxylation is 2. The second-order valence-corrected chi connectivity index (χ2v) is 14.7. The van der Waals surface area contributed by atoms with Crippen molar-refractivity contribution in [1.29, 1.82) is 0 Å². The van der Waals surface area contributed by atoms with E-state index >= 15 is 0 Å². The van der Waals surface area contributed by atoms with Crippen molar-refractivity contribution in [3.8, 4) is 22.3 Å². The van der Waals surface area contributed by atoms with E-state index in [4.69, 9.17) is 0 Å². The van der Waals surface area contributed by atoms with Crippen molar-refractivity contribution in [2.45, 2.75) is 135 Å². The molecular weight excluding hydrogens is 555 g/mol. The zero-order valence-corrected chi connectivity index (χ0v) is 29.4. The first kappa shape index (κ1) is 32.6. The first-order chi connectivity index (χ1) is 22.4. The summed E-state index contributed by atoms with van der Waals surface area (Å²) in [5, 5.41) is 3.86. The Morgan fingerprint density at radius 3 is 1.85 bits per heavy atom. The monoisotopic (exact) mass is 611 g/mol. The fourth-order valence-electron chi connectivity index (χ4n) is 8.30. The topological polar surface area (TPSA) is 12.0 Å². The summed E-state index contributed by atoms with van der Waals surface area (Å²) in [7, 11) is 0. The molecule has 0 heterocycles. The molecule has 4 aromatic rings. The number of hydrogen-bond donors (Lipinski definition) is 1. The summed E-state index contributed by atoms with van der Waals surface area (Å²) in [6.07, 6.45) is 17.8. The maximum atomic E-state index is 3.86. The molecule has 0 amide bonds. The zero-order chi connectivity index (χ0) is 32.1. The third kappa shape index (κ3) is 6.32. The van der Waals surface area contributed by atoms with Crippen LogP contribution < -0.4 is 5.32 Å². The first-order valence-electron chi connectivity index (χ1n) is 18.7. The van der Waals surface area contributed by atoms with Crippen LogP contribution >= 0.6 is 0 Å². The third-order valence-corrected chi connectivity index (χ3v) is 11.9. The molecule has 0 atom stereocenters. The average Bonchev–Trinajstić information content (AvgIpc) is 3.33. The lowest BCUT2D eigenvalue weighted by Crippen LogP contribution is -2.27. The van der Waals surface area contributed by atoms with E-state index in [-0.39, 0.29) is 10.8 Å². The van der Waals surface area contributed by atoms with E-state index in [1.807, 2.05) is 0 Å². The van der Waals surface area contributed by atoms with E-state index in [2.05, 4.69) is 119 Å². The average molecular weight is 612 g/mol. The third-order valence-electron chi connectivity index (χ3n) is 11.9. The minimum absolute atomic E-state index is 0.0794. The molecule has 0 spiro atoms. The molecular formula is C45H57N. The molecule has 2 aliphatic carbocycles. The van der Waals surface area contributed by atoms with Crippen LogP contribution in [0.5, 0.6) is 0 Å². The molecule has 1 heteroatoms. The summed E-state index contributed by atoms with van der Waals surface area (Å²) in [4.78, 5) is 0. The number of unbranched alkanes of at least 4 members (excludes halogenated alkanes) is 6. The van der Waals surface area contributed by atoms with Crippen LogP contribution in [0.2, 0.25) is 0 Å². The van der Waals surface area contributed by atoms with Crippen molar-refractivity contribution in [2.75, 3.05) is 5.32 Å². The normalized spacial score (nSPS) is 14.4. The van der Waals surface area contributed by atoms with Gasteiger partial charge in [0.05, 0.1) is 0 Å². The number of benzene rings is 4. The van der Waals surface area contributed by atoms with Crippen molar-refractivity contribution < 1.29 is 0 Å². The summed E-state index contributed by atoms with van der Waals surface area (Å²) < 4.78 is 0. The van der Waals surface area contributed by atoms with Crippen LogP contribution in [0.15, 0.2) is 78.9 Å². The van der Waals surface area contributed by atoms with Crippen molar-refractivity contribution >= 4 is 11.4 Å². The van der Waals surface area contributed by atoms with E-state index in [0.29, 0.717) is 0 Å². The van der Waals surface area contributed by atoms with Crippen molar-refractivity contribution in [3.63, 3.8) is 0 Å². The molecule has 0 aliphatic heterocycles. The van der Waals surface area contributed by atoms with Gasteiger partial charge in [-0.05, 0) is 118 Å². The van der Waals surface area contributed by atoms with Gasteiger partial charge in [-0.3, -0.25) is 0 Å². The summed E-state index contributed by atoms with van der Waals surface area (Å²) in [6, 6.07) is 30.9. The summed E-state index contributed by atoms with van der Waals surface area (Å²) in [5.74, 6) is 0. The lowest BCUT2D eigenvalue weighted by Gasteiger charge is -2.35. The highest BCUT2D eigenvalue weighted by atomic mass is 14.9. The molecule has 0 bridgehead atoms. The van der Waals surface area contributed by atoms with Gasteiger partial charge in [0.15, 0.2) is 0 Å². The molecule has 0 radical (unpaired) electrons. The molecule has 0 unspecified atom stereocenters. The maximum Gasteiger partial charge on any atom is 0.0390 e. The predicted molar refractivity (Wildman–Crippen MR) is 201 cm³/mol. The van der Waals surface area contributed by atoms with E-state index in [0.717, 1.165) is 5.69 Å². The number of rotatable bonds is 16. The zero-order valence-electron chi connectivity index (χ0n) is 29.4. The first-order valence-corrected chi connectivity index (χ1v) is 18.7. The van der Waals surface area contributed by atoms with Gasteiger partial charge in [-0.1, -0.05) is 141 Å². The van der Waals surface area contributed by atoms with Crippen LogP contribution in [0.4, 0.5) is 11.4 Å². The number of fused-ring (bicyclic) bond motifs is 4. The molecule has 6 rings (SSSR count). The largest absolute Gasteiger partial charge is 0.356 e. The molecule has 2 aliphatic rings. The molecule has 1 N–H and O–H groups in total. The van der Waals surface area contributed by atoms with Gasteiger partial charge in [0.1, 0.15) is 0 Å². The fourth-order valence-corrected chi connectivity index (χ4v) is 8.30. The van der Waals surface area contributed by atoms with Crippen LogP contribution in [0.1, 0.15) is 139 Å². The smallest absolute Gasteiger partial charge is 0.0390 e. The second-order valence-electron chi connectivity index (χ2n) is 14.7. The minimum atomic E-state index is 0.0794. The van der Waals surface area contributed by atoms with Gasteiger partial charge in [-0.2, -0.15) is 0 Å². The molecule has 0 saturated heterocycles. The Morgan fingerprint density at radius 2 is 1.22 bits per heavy atom. The SMILES string of the molecule is CCCCCCC1(CCCCCC)c2cc(Nc3cccc(-c4ccc5c(c4)CC5)c3)ccc2-c2ccc(C(C)(CC)CC)cc21. The second kappa shape index (κ2) is 14.2. The van der Waals surface area contributed by atoms with E-state index in [9.17, 15) is 0 Å². The van der Waals surface area contributed by atoms with Gasteiger partial charge in [0, 0.05) is 16.8 Å². The van der Waals surface area contributed by atoms with Crippen LogP contribution in [-0.4, -0.2) is 0 Å². The molecule has 1 nitrogen and oxygen atoms in total. The molecule has 4 aromatic carbocycles. The standard InChI is InChI=1S/C45H57N/c1-6-10-12-14-27-45(28-15-13-11-7-2)42-31-37(44(5,8-3)9-4)23-25-40(42)41-26-24-39(32-43(41)45)46-38-18-16-17-34(30-38)36-22-20-33-19-21-35(33)29-36/h16-18,20,22-26,29-32,46H,6-15,19,21,27-28H2,1-5H3. The lowest BCUT2D eigenvalue weighted by atomic mass is 9.69. The molecule has 0 saturated carbocycles. The van der Waals surface area contributed by atoms with E-state index < -0.39 is 0 Å². The summed E-state index contributed by atoms with van der Waals surface area (Å²) in [6.45, 7) is 11.9. The minimum Gasteiger partial charge on any atom is -0.356 e. The Labute approximate surface area is 280 Å². The Bertz CT molecular complexity index is 1630. The van der Waals surface area contributed by atoms with Crippen molar-refractivity contribution in [2.24, 2.45) is 0 Å². The molecule has 46 heavy (non-hydrogen) atoms. The van der Waals surface area contributed by atoms with Crippen LogP contribution in [-0.2, 0) is 23.7 Å². The Balaban J connectivity index is 1.39. The van der Waals surface area contributed by atoms with Crippen LogP contribution in [0, 0.1) is 0 Å². The maximum absolute atomic E-state index is 3.86.